The minimum atomic E-state index is -0.331. The molecule has 0 aliphatic rings. The van der Waals surface area contributed by atoms with E-state index in [0.717, 1.165) is 17.9 Å². The maximum Gasteiger partial charge on any atom is 0.156 e. The van der Waals surface area contributed by atoms with Crippen molar-refractivity contribution in [2.75, 3.05) is 5.01 Å². The van der Waals surface area contributed by atoms with Gasteiger partial charge in [0.25, 0.3) is 0 Å². The van der Waals surface area contributed by atoms with Gasteiger partial charge < -0.3 is 0 Å². The van der Waals surface area contributed by atoms with E-state index in [1.54, 1.807) is 17.1 Å². The highest BCUT2D eigenvalue weighted by Gasteiger charge is 2.34. The number of anilines is 1. The number of benzene rings is 1. The molecule has 2 N–H and O–H groups in total. The fraction of sp³-hybridized carbons (Fsp3) is 0.381. The van der Waals surface area contributed by atoms with Crippen LogP contribution in [0.2, 0.25) is 0 Å². The van der Waals surface area contributed by atoms with Crippen LogP contribution in [-0.2, 0) is 0 Å². The summed E-state index contributed by atoms with van der Waals surface area (Å²) in [5.74, 6) is 7.43. The maximum absolute atomic E-state index is 11.4. The second-order valence-electron chi connectivity index (χ2n) is 8.74. The molecule has 0 saturated carbocycles. The molecule has 0 atom stereocenters. The summed E-state index contributed by atoms with van der Waals surface area (Å²) >= 11 is 0. The third-order valence-corrected chi connectivity index (χ3v) is 4.61. The van der Waals surface area contributed by atoms with Crippen LogP contribution in [0.15, 0.2) is 53.8 Å². The SMILES string of the molecule is CC(C)(C)CC(C)(C)N(N)c1c(-c2ccccc2N=O)nc2ccccn12. The molecule has 2 aromatic heterocycles. The fourth-order valence-corrected chi connectivity index (χ4v) is 3.82. The summed E-state index contributed by atoms with van der Waals surface area (Å²) in [7, 11) is 0. The van der Waals surface area contributed by atoms with E-state index in [1.165, 1.54) is 0 Å². The van der Waals surface area contributed by atoms with Crippen molar-refractivity contribution in [2.24, 2.45) is 16.4 Å². The van der Waals surface area contributed by atoms with Gasteiger partial charge in [-0.3, -0.25) is 9.41 Å². The van der Waals surface area contributed by atoms with Crippen LogP contribution in [-0.4, -0.2) is 14.9 Å². The first-order valence-electron chi connectivity index (χ1n) is 9.09. The number of fused-ring (bicyclic) bond motifs is 1. The monoisotopic (exact) mass is 365 g/mol. The van der Waals surface area contributed by atoms with Crippen molar-refractivity contribution >= 4 is 17.2 Å². The number of aromatic nitrogens is 2. The van der Waals surface area contributed by atoms with E-state index in [4.69, 9.17) is 10.8 Å². The molecule has 0 aliphatic heterocycles. The minimum Gasteiger partial charge on any atom is -0.288 e. The zero-order valence-electron chi connectivity index (χ0n) is 16.6. The Balaban J connectivity index is 2.24. The van der Waals surface area contributed by atoms with Crippen LogP contribution in [0.1, 0.15) is 41.0 Å². The Labute approximate surface area is 160 Å². The largest absolute Gasteiger partial charge is 0.288 e. The van der Waals surface area contributed by atoms with Crippen LogP contribution < -0.4 is 10.9 Å². The van der Waals surface area contributed by atoms with Crippen molar-refractivity contribution < 1.29 is 0 Å². The zero-order chi connectivity index (χ0) is 19.8. The summed E-state index contributed by atoms with van der Waals surface area (Å²) < 4.78 is 1.96. The number of hydrogen-bond donors (Lipinski definition) is 1. The van der Waals surface area contributed by atoms with E-state index < -0.39 is 0 Å². The summed E-state index contributed by atoms with van der Waals surface area (Å²) in [4.78, 5) is 16.1. The van der Waals surface area contributed by atoms with Gasteiger partial charge in [-0.1, -0.05) is 45.0 Å². The van der Waals surface area contributed by atoms with Crippen molar-refractivity contribution in [1.29, 1.82) is 0 Å². The highest BCUT2D eigenvalue weighted by Crippen LogP contribution is 2.40. The number of pyridine rings is 1. The first-order chi connectivity index (χ1) is 12.6. The summed E-state index contributed by atoms with van der Waals surface area (Å²) in [5, 5.41) is 4.95. The molecule has 6 heteroatoms. The van der Waals surface area contributed by atoms with Gasteiger partial charge in [0.1, 0.15) is 17.0 Å². The van der Waals surface area contributed by atoms with Crippen LogP contribution in [0.4, 0.5) is 11.5 Å². The Morgan fingerprint density at radius 2 is 1.74 bits per heavy atom. The molecular formula is C21H27N5O. The molecule has 0 aliphatic carbocycles. The molecule has 0 saturated heterocycles. The van der Waals surface area contributed by atoms with Gasteiger partial charge in [0.2, 0.25) is 0 Å². The number of hydrazine groups is 1. The fourth-order valence-electron chi connectivity index (χ4n) is 3.82. The molecule has 0 unspecified atom stereocenters. The molecule has 0 amide bonds. The highest BCUT2D eigenvalue weighted by atomic mass is 16.3. The van der Waals surface area contributed by atoms with Gasteiger partial charge >= 0.3 is 0 Å². The van der Waals surface area contributed by atoms with Gasteiger partial charge in [0, 0.05) is 11.8 Å². The number of nitrogens with zero attached hydrogens (tertiary/aromatic N) is 4. The summed E-state index contributed by atoms with van der Waals surface area (Å²) in [6.45, 7) is 10.8. The predicted molar refractivity (Wildman–Crippen MR) is 111 cm³/mol. The number of nitrogens with two attached hydrogens (primary N) is 1. The van der Waals surface area contributed by atoms with Crippen LogP contribution in [0.3, 0.4) is 0 Å². The van der Waals surface area contributed by atoms with E-state index in [-0.39, 0.29) is 11.0 Å². The minimum absolute atomic E-state index is 0.101. The zero-order valence-corrected chi connectivity index (χ0v) is 16.6. The molecule has 0 radical (unpaired) electrons. The lowest BCUT2D eigenvalue weighted by molar-refractivity contribution is 0.272. The van der Waals surface area contributed by atoms with E-state index in [0.29, 0.717) is 16.9 Å². The molecule has 2 heterocycles. The van der Waals surface area contributed by atoms with Gasteiger partial charge in [0.15, 0.2) is 5.82 Å². The summed E-state index contributed by atoms with van der Waals surface area (Å²) in [6, 6.07) is 13.0. The molecule has 1 aromatic carbocycles. The van der Waals surface area contributed by atoms with Gasteiger partial charge in [-0.2, -0.15) is 0 Å². The van der Waals surface area contributed by atoms with Gasteiger partial charge in [0.05, 0.1) is 5.54 Å². The smallest absolute Gasteiger partial charge is 0.156 e. The normalized spacial score (nSPS) is 12.4. The lowest BCUT2D eigenvalue weighted by Gasteiger charge is -2.40. The Morgan fingerprint density at radius 1 is 1.07 bits per heavy atom. The van der Waals surface area contributed by atoms with Crippen LogP contribution in [0.25, 0.3) is 16.9 Å². The van der Waals surface area contributed by atoms with Crippen molar-refractivity contribution in [3.05, 3.63) is 53.6 Å². The molecule has 3 aromatic rings. The number of nitroso groups, excluding NO2 is 1. The lowest BCUT2D eigenvalue weighted by atomic mass is 9.81. The number of imidazole rings is 1. The molecule has 27 heavy (non-hydrogen) atoms. The van der Waals surface area contributed by atoms with Gasteiger partial charge in [-0.05, 0) is 49.1 Å². The Bertz CT molecular complexity index is 968. The number of hydrogen-bond acceptors (Lipinski definition) is 5. The van der Waals surface area contributed by atoms with Crippen LogP contribution in [0.5, 0.6) is 0 Å². The topological polar surface area (TPSA) is 76.0 Å². The third-order valence-electron chi connectivity index (χ3n) is 4.61. The summed E-state index contributed by atoms with van der Waals surface area (Å²) in [5.41, 5.74) is 2.22. The Morgan fingerprint density at radius 3 is 2.41 bits per heavy atom. The second kappa shape index (κ2) is 6.78. The number of rotatable bonds is 5. The van der Waals surface area contributed by atoms with Gasteiger partial charge in [-0.15, -0.1) is 4.91 Å². The van der Waals surface area contributed by atoms with E-state index in [9.17, 15) is 4.91 Å². The van der Waals surface area contributed by atoms with E-state index in [2.05, 4.69) is 39.8 Å². The Kier molecular flexibility index (Phi) is 4.78. The quantitative estimate of drug-likeness (QED) is 0.378. The molecule has 0 bridgehead atoms. The summed E-state index contributed by atoms with van der Waals surface area (Å²) in [6.07, 6.45) is 2.81. The lowest BCUT2D eigenvalue weighted by Crippen LogP contribution is -2.51. The second-order valence-corrected chi connectivity index (χ2v) is 8.74. The predicted octanol–water partition coefficient (Wildman–Crippen LogP) is 5.29. The van der Waals surface area contributed by atoms with Crippen LogP contribution >= 0.6 is 0 Å². The van der Waals surface area contributed by atoms with E-state index in [1.807, 2.05) is 40.9 Å². The average molecular weight is 365 g/mol. The Hall–Kier alpha value is -2.73. The standard InChI is InChI=1S/C21H27N5O/c1-20(2,3)14-21(4,5)26(22)19-18(15-10-6-7-11-16(15)24-27)23-17-12-8-9-13-25(17)19/h6-13H,14,22H2,1-5H3. The van der Waals surface area contributed by atoms with Crippen molar-refractivity contribution in [2.45, 2.75) is 46.6 Å². The average Bonchev–Trinajstić information content (AvgIpc) is 2.98. The molecular weight excluding hydrogens is 338 g/mol. The maximum atomic E-state index is 11.4. The first kappa shape index (κ1) is 19.0. The molecule has 0 fully saturated rings. The molecule has 142 valence electrons. The van der Waals surface area contributed by atoms with Gasteiger partial charge in [-0.25, -0.2) is 10.8 Å². The van der Waals surface area contributed by atoms with Crippen molar-refractivity contribution in [3.8, 4) is 11.3 Å². The van der Waals surface area contributed by atoms with Crippen molar-refractivity contribution in [3.63, 3.8) is 0 Å². The van der Waals surface area contributed by atoms with Crippen LogP contribution in [0, 0.1) is 10.3 Å². The van der Waals surface area contributed by atoms with E-state index >= 15 is 0 Å². The van der Waals surface area contributed by atoms with Crippen molar-refractivity contribution in [1.82, 2.24) is 9.38 Å². The molecule has 3 rings (SSSR count). The first-order valence-corrected chi connectivity index (χ1v) is 9.09. The highest BCUT2D eigenvalue weighted by molar-refractivity contribution is 5.84. The molecule has 0 spiro atoms. The molecule has 6 nitrogen and oxygen atoms in total. The third kappa shape index (κ3) is 3.71.